The van der Waals surface area contributed by atoms with Crippen molar-refractivity contribution in [2.75, 3.05) is 5.73 Å². The van der Waals surface area contributed by atoms with E-state index in [1.807, 2.05) is 6.07 Å². The number of nitrogens with two attached hydrogens (primary N) is 1. The van der Waals surface area contributed by atoms with E-state index in [0.29, 0.717) is 5.56 Å². The van der Waals surface area contributed by atoms with Crippen LogP contribution in [0.4, 0.5) is 14.5 Å². The molecule has 0 aliphatic heterocycles. The molecule has 0 heterocycles. The normalized spacial score (nSPS) is 9.95. The molecule has 0 aliphatic rings. The van der Waals surface area contributed by atoms with Crippen LogP contribution in [-0.4, -0.2) is 0 Å². The number of rotatable bonds is 3. The van der Waals surface area contributed by atoms with Gasteiger partial charge in [-0.05, 0) is 30.3 Å². The maximum atomic E-state index is 13.5. The first-order valence-electron chi connectivity index (χ1n) is 5.46. The summed E-state index contributed by atoms with van der Waals surface area (Å²) >= 11 is 0. The Kier molecular flexibility index (Phi) is 3.62. The molecule has 5 heteroatoms. The zero-order chi connectivity index (χ0) is 13.8. The minimum absolute atomic E-state index is 0.130. The average molecular weight is 260 g/mol. The lowest BCUT2D eigenvalue weighted by Gasteiger charge is -2.09. The Hall–Kier alpha value is -2.61. The van der Waals surface area contributed by atoms with Crippen molar-refractivity contribution in [2.45, 2.75) is 6.61 Å². The molecule has 3 nitrogen and oxygen atoms in total. The molecule has 2 rings (SSSR count). The summed E-state index contributed by atoms with van der Waals surface area (Å²) in [7, 11) is 0. The number of nitrogens with zero attached hydrogens (tertiary/aromatic N) is 1. The van der Waals surface area contributed by atoms with Gasteiger partial charge in [-0.25, -0.2) is 8.78 Å². The molecule has 0 radical (unpaired) electrons. The molecule has 2 aromatic carbocycles. The minimum atomic E-state index is -0.492. The summed E-state index contributed by atoms with van der Waals surface area (Å²) in [6.07, 6.45) is 0. The number of ether oxygens (including phenoxy) is 1. The van der Waals surface area contributed by atoms with Crippen LogP contribution in [0.25, 0.3) is 0 Å². The fourth-order valence-electron chi connectivity index (χ4n) is 1.54. The second kappa shape index (κ2) is 5.36. The average Bonchev–Trinajstić information content (AvgIpc) is 2.41. The van der Waals surface area contributed by atoms with Crippen LogP contribution in [0, 0.1) is 23.0 Å². The molecule has 19 heavy (non-hydrogen) atoms. The first-order chi connectivity index (χ1) is 9.10. The number of hydrogen-bond acceptors (Lipinski definition) is 3. The first-order valence-corrected chi connectivity index (χ1v) is 5.46. The molecule has 2 N–H and O–H groups in total. The number of anilines is 1. The molecule has 0 aliphatic carbocycles. The highest BCUT2D eigenvalue weighted by molar-refractivity contribution is 5.52. The van der Waals surface area contributed by atoms with E-state index in [9.17, 15) is 8.78 Å². The van der Waals surface area contributed by atoms with Crippen molar-refractivity contribution in [1.82, 2.24) is 0 Å². The number of nitriles is 1. The maximum absolute atomic E-state index is 13.5. The highest BCUT2D eigenvalue weighted by Crippen LogP contribution is 2.23. The van der Waals surface area contributed by atoms with Crippen molar-refractivity contribution in [3.05, 3.63) is 59.2 Å². The largest absolute Gasteiger partial charge is 0.487 e. The van der Waals surface area contributed by atoms with Gasteiger partial charge in [0.2, 0.25) is 0 Å². The van der Waals surface area contributed by atoms with Gasteiger partial charge in [-0.2, -0.15) is 5.26 Å². The Morgan fingerprint density at radius 1 is 1.16 bits per heavy atom. The lowest BCUT2D eigenvalue weighted by molar-refractivity contribution is 0.300. The topological polar surface area (TPSA) is 59.0 Å². The Labute approximate surface area is 108 Å². The van der Waals surface area contributed by atoms with Crippen molar-refractivity contribution in [1.29, 1.82) is 5.26 Å². The van der Waals surface area contributed by atoms with Gasteiger partial charge in [0.25, 0.3) is 0 Å². The van der Waals surface area contributed by atoms with E-state index in [0.717, 1.165) is 6.07 Å². The van der Waals surface area contributed by atoms with Crippen LogP contribution in [0.3, 0.4) is 0 Å². The summed E-state index contributed by atoms with van der Waals surface area (Å²) in [6, 6.07) is 9.54. The second-order valence-corrected chi connectivity index (χ2v) is 3.89. The molecular formula is C14H10F2N2O. The molecular weight excluding hydrogens is 250 g/mol. The van der Waals surface area contributed by atoms with Crippen molar-refractivity contribution >= 4 is 5.69 Å². The van der Waals surface area contributed by atoms with E-state index in [1.54, 1.807) is 0 Å². The third-order valence-corrected chi connectivity index (χ3v) is 2.53. The predicted octanol–water partition coefficient (Wildman–Crippen LogP) is 3.00. The fraction of sp³-hybridized carbons (Fsp3) is 0.0714. The summed E-state index contributed by atoms with van der Waals surface area (Å²) < 4.78 is 31.8. The van der Waals surface area contributed by atoms with E-state index in [1.165, 1.54) is 30.3 Å². The number of halogens is 2. The number of benzene rings is 2. The van der Waals surface area contributed by atoms with Gasteiger partial charge in [0.1, 0.15) is 24.0 Å². The van der Waals surface area contributed by atoms with E-state index in [2.05, 4.69) is 0 Å². The van der Waals surface area contributed by atoms with Gasteiger partial charge in [-0.1, -0.05) is 0 Å². The lowest BCUT2D eigenvalue weighted by Crippen LogP contribution is -2.01. The summed E-state index contributed by atoms with van der Waals surface area (Å²) in [5.74, 6) is -0.841. The lowest BCUT2D eigenvalue weighted by atomic mass is 10.1. The van der Waals surface area contributed by atoms with E-state index < -0.39 is 11.6 Å². The molecule has 0 saturated heterocycles. The van der Waals surface area contributed by atoms with Gasteiger partial charge < -0.3 is 10.5 Å². The third-order valence-electron chi connectivity index (χ3n) is 2.53. The van der Waals surface area contributed by atoms with Gasteiger partial charge in [-0.15, -0.1) is 0 Å². The SMILES string of the molecule is N#Cc1ccc(F)c(COc2cc(F)ccc2N)c1. The molecule has 0 unspecified atom stereocenters. The van der Waals surface area contributed by atoms with Crippen LogP contribution < -0.4 is 10.5 Å². The first kappa shape index (κ1) is 12.8. The van der Waals surface area contributed by atoms with Crippen LogP contribution >= 0.6 is 0 Å². The Balaban J connectivity index is 2.19. The summed E-state index contributed by atoms with van der Waals surface area (Å²) in [5, 5.41) is 8.74. The van der Waals surface area contributed by atoms with Crippen molar-refractivity contribution < 1.29 is 13.5 Å². The van der Waals surface area contributed by atoms with Gasteiger partial charge in [0, 0.05) is 11.6 Å². The predicted molar refractivity (Wildman–Crippen MR) is 66.3 cm³/mol. The number of nitrogen functional groups attached to an aromatic ring is 1. The van der Waals surface area contributed by atoms with Gasteiger partial charge in [0.05, 0.1) is 17.3 Å². The standard InChI is InChI=1S/C14H10F2N2O/c15-11-2-4-13(18)14(6-11)19-8-10-5-9(7-17)1-3-12(10)16/h1-6H,8,18H2. The molecule has 0 amide bonds. The monoisotopic (exact) mass is 260 g/mol. The maximum Gasteiger partial charge on any atom is 0.145 e. The summed E-state index contributed by atoms with van der Waals surface area (Å²) in [6.45, 7) is -0.130. The zero-order valence-corrected chi connectivity index (χ0v) is 9.86. The highest BCUT2D eigenvalue weighted by atomic mass is 19.1. The molecule has 0 bridgehead atoms. The van der Waals surface area contributed by atoms with Crippen LogP contribution in [-0.2, 0) is 6.61 Å². The zero-order valence-electron chi connectivity index (χ0n) is 9.86. The van der Waals surface area contributed by atoms with Crippen molar-refractivity contribution in [3.8, 4) is 11.8 Å². The molecule has 0 fully saturated rings. The van der Waals surface area contributed by atoms with Crippen LogP contribution in [0.2, 0.25) is 0 Å². The minimum Gasteiger partial charge on any atom is -0.487 e. The molecule has 96 valence electrons. The van der Waals surface area contributed by atoms with Crippen LogP contribution in [0.5, 0.6) is 5.75 Å². The van der Waals surface area contributed by atoms with Crippen molar-refractivity contribution in [3.63, 3.8) is 0 Å². The fourth-order valence-corrected chi connectivity index (χ4v) is 1.54. The van der Waals surface area contributed by atoms with Gasteiger partial charge in [0.15, 0.2) is 0 Å². The molecule has 0 spiro atoms. The Morgan fingerprint density at radius 3 is 2.68 bits per heavy atom. The van der Waals surface area contributed by atoms with Gasteiger partial charge >= 0.3 is 0 Å². The molecule has 0 saturated carbocycles. The van der Waals surface area contributed by atoms with Crippen molar-refractivity contribution in [2.24, 2.45) is 0 Å². The second-order valence-electron chi connectivity index (χ2n) is 3.89. The summed E-state index contributed by atoms with van der Waals surface area (Å²) in [5.41, 5.74) is 6.41. The third kappa shape index (κ3) is 2.99. The van der Waals surface area contributed by atoms with Crippen LogP contribution in [0.1, 0.15) is 11.1 Å². The highest BCUT2D eigenvalue weighted by Gasteiger charge is 2.07. The van der Waals surface area contributed by atoms with Crippen LogP contribution in [0.15, 0.2) is 36.4 Å². The Bertz CT molecular complexity index is 650. The number of hydrogen-bond donors (Lipinski definition) is 1. The molecule has 2 aromatic rings. The molecule has 0 aromatic heterocycles. The van der Waals surface area contributed by atoms with Gasteiger partial charge in [-0.3, -0.25) is 0 Å². The van der Waals surface area contributed by atoms with E-state index in [4.69, 9.17) is 15.7 Å². The van der Waals surface area contributed by atoms with E-state index >= 15 is 0 Å². The molecule has 0 atom stereocenters. The smallest absolute Gasteiger partial charge is 0.145 e. The summed E-state index contributed by atoms with van der Waals surface area (Å²) in [4.78, 5) is 0. The quantitative estimate of drug-likeness (QED) is 0.863. The Morgan fingerprint density at radius 2 is 1.95 bits per heavy atom. The van der Waals surface area contributed by atoms with E-state index in [-0.39, 0.29) is 23.6 Å².